The monoisotopic (exact) mass is 294 g/mol. The standard InChI is InChI=1S/C15H22N2O2S/c1-12-11-17(7-2-9-18-12)8-10-19-14-5-3-13(4-6-14)15(16)20/h3-6,12H,2,7-11H2,1H3,(H2,16,20). The Morgan fingerprint density at radius 2 is 2.20 bits per heavy atom. The predicted molar refractivity (Wildman–Crippen MR) is 84.3 cm³/mol. The lowest BCUT2D eigenvalue weighted by Gasteiger charge is -2.21. The Kier molecular flexibility index (Phi) is 5.76. The average Bonchev–Trinajstić information content (AvgIpc) is 2.64. The SMILES string of the molecule is CC1CN(CCOc2ccc(C(N)=S)cc2)CCCO1. The molecule has 4 nitrogen and oxygen atoms in total. The topological polar surface area (TPSA) is 47.7 Å². The Hall–Kier alpha value is -1.17. The van der Waals surface area contributed by atoms with Crippen molar-refractivity contribution in [1.82, 2.24) is 4.90 Å². The van der Waals surface area contributed by atoms with Gasteiger partial charge in [-0.2, -0.15) is 0 Å². The van der Waals surface area contributed by atoms with Crippen LogP contribution in [0.25, 0.3) is 0 Å². The van der Waals surface area contributed by atoms with Crippen molar-refractivity contribution in [2.45, 2.75) is 19.4 Å². The number of rotatable bonds is 5. The zero-order chi connectivity index (χ0) is 14.4. The Labute approximate surface area is 125 Å². The van der Waals surface area contributed by atoms with Crippen LogP contribution in [0.4, 0.5) is 0 Å². The van der Waals surface area contributed by atoms with Crippen molar-refractivity contribution in [3.05, 3.63) is 29.8 Å². The van der Waals surface area contributed by atoms with E-state index in [1.165, 1.54) is 0 Å². The number of benzene rings is 1. The molecule has 1 saturated heterocycles. The Morgan fingerprint density at radius 1 is 1.45 bits per heavy atom. The summed E-state index contributed by atoms with van der Waals surface area (Å²) in [7, 11) is 0. The molecular formula is C15H22N2O2S. The molecule has 2 rings (SSSR count). The van der Waals surface area contributed by atoms with E-state index in [1.807, 2.05) is 24.3 Å². The van der Waals surface area contributed by atoms with Gasteiger partial charge in [0.15, 0.2) is 0 Å². The van der Waals surface area contributed by atoms with Crippen LogP contribution in [0.5, 0.6) is 5.75 Å². The molecule has 20 heavy (non-hydrogen) atoms. The summed E-state index contributed by atoms with van der Waals surface area (Å²) >= 11 is 4.92. The van der Waals surface area contributed by atoms with Gasteiger partial charge in [-0.1, -0.05) is 12.2 Å². The molecule has 0 bridgehead atoms. The fourth-order valence-corrected chi connectivity index (χ4v) is 2.43. The van der Waals surface area contributed by atoms with Crippen LogP contribution >= 0.6 is 12.2 Å². The summed E-state index contributed by atoms with van der Waals surface area (Å²) in [6.07, 6.45) is 1.40. The first-order valence-corrected chi connectivity index (χ1v) is 7.42. The first kappa shape index (κ1) is 15.2. The van der Waals surface area contributed by atoms with E-state index in [2.05, 4.69) is 11.8 Å². The molecular weight excluding hydrogens is 272 g/mol. The van der Waals surface area contributed by atoms with E-state index in [-0.39, 0.29) is 0 Å². The predicted octanol–water partition coefficient (Wildman–Crippen LogP) is 1.81. The summed E-state index contributed by atoms with van der Waals surface area (Å²) in [5, 5.41) is 0. The minimum Gasteiger partial charge on any atom is -0.492 e. The third-order valence-corrected chi connectivity index (χ3v) is 3.59. The second-order valence-corrected chi connectivity index (χ2v) is 5.51. The van der Waals surface area contributed by atoms with Crippen molar-refractivity contribution in [3.8, 4) is 5.75 Å². The second-order valence-electron chi connectivity index (χ2n) is 5.07. The smallest absolute Gasteiger partial charge is 0.119 e. The summed E-state index contributed by atoms with van der Waals surface area (Å²) in [6.45, 7) is 6.63. The number of nitrogens with two attached hydrogens (primary N) is 1. The number of ether oxygens (including phenoxy) is 2. The Morgan fingerprint density at radius 3 is 2.90 bits per heavy atom. The van der Waals surface area contributed by atoms with Gasteiger partial charge in [-0.05, 0) is 37.6 Å². The molecule has 0 spiro atoms. The molecule has 0 radical (unpaired) electrons. The van der Waals surface area contributed by atoms with Crippen LogP contribution in [0.1, 0.15) is 18.9 Å². The van der Waals surface area contributed by atoms with Crippen LogP contribution in [0, 0.1) is 0 Å². The lowest BCUT2D eigenvalue weighted by atomic mass is 10.2. The van der Waals surface area contributed by atoms with E-state index in [4.69, 9.17) is 27.4 Å². The van der Waals surface area contributed by atoms with Crippen molar-refractivity contribution in [2.75, 3.05) is 32.8 Å². The molecule has 0 amide bonds. The van der Waals surface area contributed by atoms with E-state index < -0.39 is 0 Å². The van der Waals surface area contributed by atoms with Crippen molar-refractivity contribution < 1.29 is 9.47 Å². The Bertz CT molecular complexity index is 436. The van der Waals surface area contributed by atoms with Gasteiger partial charge in [-0.25, -0.2) is 0 Å². The molecule has 0 aromatic heterocycles. The number of hydrogen-bond donors (Lipinski definition) is 1. The lowest BCUT2D eigenvalue weighted by molar-refractivity contribution is 0.0658. The molecule has 1 aromatic rings. The van der Waals surface area contributed by atoms with Crippen LogP contribution in [0.15, 0.2) is 24.3 Å². The van der Waals surface area contributed by atoms with Gasteiger partial charge in [0, 0.05) is 31.8 Å². The first-order valence-electron chi connectivity index (χ1n) is 7.02. The average molecular weight is 294 g/mol. The van der Waals surface area contributed by atoms with Crippen molar-refractivity contribution >= 4 is 17.2 Å². The zero-order valence-electron chi connectivity index (χ0n) is 11.9. The molecule has 0 aliphatic carbocycles. The molecule has 2 N–H and O–H groups in total. The van der Waals surface area contributed by atoms with Crippen LogP contribution in [0.2, 0.25) is 0 Å². The highest BCUT2D eigenvalue weighted by atomic mass is 32.1. The third-order valence-electron chi connectivity index (χ3n) is 3.35. The maximum absolute atomic E-state index is 5.75. The summed E-state index contributed by atoms with van der Waals surface area (Å²) < 4.78 is 11.4. The first-order chi connectivity index (χ1) is 9.65. The normalized spacial score (nSPS) is 20.4. The fourth-order valence-electron chi connectivity index (χ4n) is 2.29. The highest BCUT2D eigenvalue weighted by molar-refractivity contribution is 7.80. The van der Waals surface area contributed by atoms with E-state index in [9.17, 15) is 0 Å². The molecule has 1 aromatic carbocycles. The van der Waals surface area contributed by atoms with Crippen LogP contribution in [-0.2, 0) is 4.74 Å². The fraction of sp³-hybridized carbons (Fsp3) is 0.533. The van der Waals surface area contributed by atoms with Crippen molar-refractivity contribution in [3.63, 3.8) is 0 Å². The molecule has 1 unspecified atom stereocenters. The molecule has 1 aliphatic heterocycles. The number of thiocarbonyl (C=S) groups is 1. The minimum absolute atomic E-state index is 0.308. The second kappa shape index (κ2) is 7.57. The molecule has 1 atom stereocenters. The summed E-state index contributed by atoms with van der Waals surface area (Å²) in [4.78, 5) is 2.80. The molecule has 1 heterocycles. The van der Waals surface area contributed by atoms with Crippen LogP contribution in [0.3, 0.4) is 0 Å². The number of nitrogens with zero attached hydrogens (tertiary/aromatic N) is 1. The maximum atomic E-state index is 5.75. The van der Waals surface area contributed by atoms with Gasteiger partial charge in [0.2, 0.25) is 0 Å². The van der Waals surface area contributed by atoms with Crippen LogP contribution < -0.4 is 10.5 Å². The van der Waals surface area contributed by atoms with E-state index in [0.29, 0.717) is 17.7 Å². The van der Waals surface area contributed by atoms with E-state index >= 15 is 0 Å². The van der Waals surface area contributed by atoms with Crippen molar-refractivity contribution in [1.29, 1.82) is 0 Å². The molecule has 0 saturated carbocycles. The quantitative estimate of drug-likeness (QED) is 0.839. The largest absolute Gasteiger partial charge is 0.492 e. The zero-order valence-corrected chi connectivity index (χ0v) is 12.7. The lowest BCUT2D eigenvalue weighted by Crippen LogP contribution is -2.33. The van der Waals surface area contributed by atoms with Gasteiger partial charge in [0.05, 0.1) is 6.10 Å². The van der Waals surface area contributed by atoms with Gasteiger partial charge in [0.1, 0.15) is 17.3 Å². The summed E-state index contributed by atoms with van der Waals surface area (Å²) in [6, 6.07) is 7.59. The molecule has 110 valence electrons. The molecule has 1 fully saturated rings. The number of hydrogen-bond acceptors (Lipinski definition) is 4. The molecule has 5 heteroatoms. The van der Waals surface area contributed by atoms with Gasteiger partial charge in [-0.15, -0.1) is 0 Å². The third kappa shape index (κ3) is 4.74. The highest BCUT2D eigenvalue weighted by Crippen LogP contribution is 2.12. The molecule has 1 aliphatic rings. The van der Waals surface area contributed by atoms with Crippen molar-refractivity contribution in [2.24, 2.45) is 5.73 Å². The van der Waals surface area contributed by atoms with Gasteiger partial charge in [-0.3, -0.25) is 4.90 Å². The van der Waals surface area contributed by atoms with Gasteiger partial charge < -0.3 is 15.2 Å². The van der Waals surface area contributed by atoms with E-state index in [1.54, 1.807) is 0 Å². The van der Waals surface area contributed by atoms with Crippen LogP contribution in [-0.4, -0.2) is 48.8 Å². The van der Waals surface area contributed by atoms with E-state index in [0.717, 1.165) is 44.0 Å². The maximum Gasteiger partial charge on any atom is 0.119 e. The van der Waals surface area contributed by atoms with Gasteiger partial charge >= 0.3 is 0 Å². The minimum atomic E-state index is 0.308. The van der Waals surface area contributed by atoms with Gasteiger partial charge in [0.25, 0.3) is 0 Å². The Balaban J connectivity index is 1.76. The highest BCUT2D eigenvalue weighted by Gasteiger charge is 2.14. The summed E-state index contributed by atoms with van der Waals surface area (Å²) in [5.41, 5.74) is 6.43. The summed E-state index contributed by atoms with van der Waals surface area (Å²) in [5.74, 6) is 0.851.